The molecule has 0 saturated heterocycles. The van der Waals surface area contributed by atoms with E-state index in [1.54, 1.807) is 25.4 Å². The molecule has 0 bridgehead atoms. The van der Waals surface area contributed by atoms with Crippen LogP contribution >= 0.6 is 11.3 Å². The fraction of sp³-hybridized carbons (Fsp3) is 0.467. The van der Waals surface area contributed by atoms with Gasteiger partial charge in [-0.15, -0.1) is 11.3 Å². The zero-order chi connectivity index (χ0) is 18.0. The molecule has 1 N–H and O–H groups in total. The van der Waals surface area contributed by atoms with Crippen molar-refractivity contribution in [1.29, 1.82) is 0 Å². The topological polar surface area (TPSA) is 49.4 Å². The largest absolute Gasteiger partial charge is 0.390 e. The molecular formula is C15H19F3N2O2S2. The van der Waals surface area contributed by atoms with Crippen molar-refractivity contribution < 1.29 is 21.6 Å². The molecule has 24 heavy (non-hydrogen) atoms. The molecule has 1 heterocycles. The van der Waals surface area contributed by atoms with Gasteiger partial charge in [0.2, 0.25) is 10.0 Å². The molecule has 4 nitrogen and oxygen atoms in total. The SMILES string of the molecule is CN(C)[C@@H](CNS(=O)(=O)CCC(F)(F)F)c1csc2ccccc12. The Hall–Kier alpha value is -1.16. The lowest BCUT2D eigenvalue weighted by Crippen LogP contribution is -2.36. The van der Waals surface area contributed by atoms with Crippen LogP contribution in [-0.2, 0) is 10.0 Å². The van der Waals surface area contributed by atoms with Crippen LogP contribution in [0.15, 0.2) is 29.6 Å². The minimum absolute atomic E-state index is 0.0217. The number of likely N-dealkylation sites (N-methyl/N-ethyl adjacent to an activating group) is 1. The average molecular weight is 380 g/mol. The highest BCUT2D eigenvalue weighted by molar-refractivity contribution is 7.89. The number of hydrogen-bond acceptors (Lipinski definition) is 4. The molecule has 0 aliphatic heterocycles. The third-order valence-corrected chi connectivity index (χ3v) is 5.97. The van der Waals surface area contributed by atoms with Crippen LogP contribution in [0.1, 0.15) is 18.0 Å². The normalized spacial score (nSPS) is 14.4. The highest BCUT2D eigenvalue weighted by atomic mass is 32.2. The molecule has 0 amide bonds. The van der Waals surface area contributed by atoms with Crippen LogP contribution in [0.25, 0.3) is 10.1 Å². The van der Waals surface area contributed by atoms with Crippen molar-refractivity contribution in [1.82, 2.24) is 9.62 Å². The Labute approximate surface area is 143 Å². The van der Waals surface area contributed by atoms with E-state index in [0.717, 1.165) is 15.6 Å². The second kappa shape index (κ2) is 7.38. The predicted octanol–water partition coefficient (Wildman–Crippen LogP) is 3.38. The number of benzene rings is 1. The standard InChI is InChI=1S/C15H19F3N2O2S2/c1-20(2)13(9-19-24(21,22)8-7-15(16,17)18)12-10-23-14-6-4-3-5-11(12)14/h3-6,10,13,19H,7-9H2,1-2H3/t13-/m0/s1. The lowest BCUT2D eigenvalue weighted by atomic mass is 10.1. The first-order valence-electron chi connectivity index (χ1n) is 7.26. The zero-order valence-electron chi connectivity index (χ0n) is 13.3. The number of fused-ring (bicyclic) bond motifs is 1. The molecule has 0 saturated carbocycles. The van der Waals surface area contributed by atoms with E-state index in [-0.39, 0.29) is 12.6 Å². The first kappa shape index (κ1) is 19.2. The van der Waals surface area contributed by atoms with E-state index in [2.05, 4.69) is 4.72 Å². The molecule has 0 spiro atoms. The number of rotatable bonds is 7. The fourth-order valence-corrected chi connectivity index (χ4v) is 4.42. The molecule has 9 heteroatoms. The summed E-state index contributed by atoms with van der Waals surface area (Å²) in [5, 5.41) is 2.98. The van der Waals surface area contributed by atoms with Crippen molar-refractivity contribution in [3.63, 3.8) is 0 Å². The zero-order valence-corrected chi connectivity index (χ0v) is 14.9. The van der Waals surface area contributed by atoms with Crippen molar-refractivity contribution in [3.05, 3.63) is 35.2 Å². The number of alkyl halides is 3. The van der Waals surface area contributed by atoms with Crippen LogP contribution in [0.3, 0.4) is 0 Å². The maximum absolute atomic E-state index is 12.2. The van der Waals surface area contributed by atoms with Crippen LogP contribution in [0.5, 0.6) is 0 Å². The van der Waals surface area contributed by atoms with E-state index in [9.17, 15) is 21.6 Å². The lowest BCUT2D eigenvalue weighted by molar-refractivity contribution is -0.129. The van der Waals surface area contributed by atoms with Crippen LogP contribution in [0.4, 0.5) is 13.2 Å². The third kappa shape index (κ3) is 5.17. The Morgan fingerprint density at radius 2 is 1.92 bits per heavy atom. The third-order valence-electron chi connectivity index (χ3n) is 3.64. The van der Waals surface area contributed by atoms with Crippen molar-refractivity contribution in [2.75, 3.05) is 26.4 Å². The van der Waals surface area contributed by atoms with E-state index >= 15 is 0 Å². The average Bonchev–Trinajstić information content (AvgIpc) is 2.89. The summed E-state index contributed by atoms with van der Waals surface area (Å²) in [4.78, 5) is 1.85. The van der Waals surface area contributed by atoms with Gasteiger partial charge in [0.05, 0.1) is 12.2 Å². The second-order valence-electron chi connectivity index (χ2n) is 5.70. The number of sulfonamides is 1. The first-order valence-corrected chi connectivity index (χ1v) is 9.79. The van der Waals surface area contributed by atoms with Gasteiger partial charge in [0.15, 0.2) is 0 Å². The molecule has 0 aliphatic carbocycles. The van der Waals surface area contributed by atoms with E-state index in [4.69, 9.17) is 0 Å². The Kier molecular flexibility index (Phi) is 5.90. The van der Waals surface area contributed by atoms with E-state index in [0.29, 0.717) is 0 Å². The summed E-state index contributed by atoms with van der Waals surface area (Å²) >= 11 is 1.55. The number of nitrogens with zero attached hydrogens (tertiary/aromatic N) is 1. The van der Waals surface area contributed by atoms with Gasteiger partial charge >= 0.3 is 6.18 Å². The summed E-state index contributed by atoms with van der Waals surface area (Å²) < 4.78 is 63.6. The summed E-state index contributed by atoms with van der Waals surface area (Å²) in [5.41, 5.74) is 0.958. The Balaban J connectivity index is 2.12. The Bertz CT molecular complexity index is 785. The summed E-state index contributed by atoms with van der Waals surface area (Å²) in [5.74, 6) is -0.957. The van der Waals surface area contributed by atoms with Crippen LogP contribution in [0.2, 0.25) is 0 Å². The maximum Gasteiger partial charge on any atom is 0.390 e. The van der Waals surface area contributed by atoms with Crippen molar-refractivity contribution in [2.45, 2.75) is 18.6 Å². The van der Waals surface area contributed by atoms with Gasteiger partial charge in [0.25, 0.3) is 0 Å². The van der Waals surface area contributed by atoms with E-state index in [1.165, 1.54) is 0 Å². The second-order valence-corrected chi connectivity index (χ2v) is 8.54. The number of halogens is 3. The molecule has 1 atom stereocenters. The van der Waals surface area contributed by atoms with Crippen molar-refractivity contribution in [3.8, 4) is 0 Å². The van der Waals surface area contributed by atoms with Crippen LogP contribution < -0.4 is 4.72 Å². The summed E-state index contributed by atoms with van der Waals surface area (Å²) in [6.45, 7) is 0.0217. The van der Waals surface area contributed by atoms with Crippen LogP contribution in [0, 0.1) is 0 Å². The molecule has 0 radical (unpaired) electrons. The molecule has 0 fully saturated rings. The van der Waals surface area contributed by atoms with Crippen molar-refractivity contribution >= 4 is 31.4 Å². The van der Waals surface area contributed by atoms with Gasteiger partial charge in [-0.05, 0) is 36.5 Å². The number of hydrogen-bond donors (Lipinski definition) is 1. The summed E-state index contributed by atoms with van der Waals surface area (Å²) in [6.07, 6.45) is -5.84. The quantitative estimate of drug-likeness (QED) is 0.801. The monoisotopic (exact) mass is 380 g/mol. The molecule has 2 aromatic rings. The van der Waals surface area contributed by atoms with Gasteiger partial charge in [0.1, 0.15) is 0 Å². The first-order chi connectivity index (χ1) is 11.1. The van der Waals surface area contributed by atoms with Crippen molar-refractivity contribution in [2.24, 2.45) is 0 Å². The minimum atomic E-state index is -4.49. The molecule has 2 rings (SSSR count). The molecule has 134 valence electrons. The van der Waals surface area contributed by atoms with Gasteiger partial charge in [-0.25, -0.2) is 13.1 Å². The maximum atomic E-state index is 12.2. The molecule has 0 aliphatic rings. The van der Waals surface area contributed by atoms with E-state index < -0.39 is 28.4 Å². The Morgan fingerprint density at radius 1 is 1.25 bits per heavy atom. The predicted molar refractivity (Wildman–Crippen MR) is 90.7 cm³/mol. The van der Waals surface area contributed by atoms with E-state index in [1.807, 2.05) is 34.5 Å². The fourth-order valence-electron chi connectivity index (χ4n) is 2.36. The molecule has 1 aromatic carbocycles. The minimum Gasteiger partial charge on any atom is -0.301 e. The van der Waals surface area contributed by atoms with Gasteiger partial charge in [-0.3, -0.25) is 0 Å². The molecular weight excluding hydrogens is 361 g/mol. The highest BCUT2D eigenvalue weighted by Gasteiger charge is 2.30. The highest BCUT2D eigenvalue weighted by Crippen LogP contribution is 2.32. The summed E-state index contributed by atoms with van der Waals surface area (Å²) in [7, 11) is -0.368. The van der Waals surface area contributed by atoms with Gasteiger partial charge in [0, 0.05) is 17.3 Å². The smallest absolute Gasteiger partial charge is 0.301 e. The van der Waals surface area contributed by atoms with Gasteiger partial charge < -0.3 is 4.90 Å². The van der Waals surface area contributed by atoms with Gasteiger partial charge in [-0.1, -0.05) is 18.2 Å². The number of nitrogens with one attached hydrogen (secondary N) is 1. The molecule has 1 aromatic heterocycles. The summed E-state index contributed by atoms with van der Waals surface area (Å²) in [6, 6.07) is 7.49. The molecule has 0 unspecified atom stereocenters. The number of thiophene rings is 1. The lowest BCUT2D eigenvalue weighted by Gasteiger charge is -2.24. The van der Waals surface area contributed by atoms with Crippen LogP contribution in [-0.4, -0.2) is 45.9 Å². The Morgan fingerprint density at radius 3 is 2.54 bits per heavy atom. The van der Waals surface area contributed by atoms with Gasteiger partial charge in [-0.2, -0.15) is 13.2 Å².